The summed E-state index contributed by atoms with van der Waals surface area (Å²) in [5.41, 5.74) is 0.318. The van der Waals surface area contributed by atoms with Crippen LogP contribution in [0, 0.1) is 17.2 Å². The third kappa shape index (κ3) is 3.44. The zero-order valence-corrected chi connectivity index (χ0v) is 10.8. The summed E-state index contributed by atoms with van der Waals surface area (Å²) >= 11 is 0. The highest BCUT2D eigenvalue weighted by Crippen LogP contribution is 2.21. The van der Waals surface area contributed by atoms with Crippen molar-refractivity contribution in [3.8, 4) is 11.8 Å². The van der Waals surface area contributed by atoms with Gasteiger partial charge in [-0.25, -0.2) is 0 Å². The Hall–Kier alpha value is -2.16. The maximum atomic E-state index is 12.2. The fourth-order valence-corrected chi connectivity index (χ4v) is 2.20. The number of benzene rings is 1. The topological polar surface area (TPSA) is 53.3 Å². The number of hydrogen-bond donors (Lipinski definition) is 0. The second-order valence-electron chi connectivity index (χ2n) is 4.60. The molecule has 2 rings (SSSR count). The van der Waals surface area contributed by atoms with Gasteiger partial charge in [-0.05, 0) is 31.0 Å². The lowest BCUT2D eigenvalue weighted by Gasteiger charge is -2.29. The molecule has 6 heteroatoms. The summed E-state index contributed by atoms with van der Waals surface area (Å²) in [6.45, 7) is -1.89. The first-order valence-corrected chi connectivity index (χ1v) is 6.34. The number of piperidine rings is 1. The molecule has 1 saturated heterocycles. The van der Waals surface area contributed by atoms with Crippen molar-refractivity contribution in [3.05, 3.63) is 29.8 Å². The second-order valence-corrected chi connectivity index (χ2v) is 4.60. The lowest BCUT2D eigenvalue weighted by atomic mass is 9.98. The minimum Gasteiger partial charge on any atom is -0.435 e. The third-order valence-corrected chi connectivity index (χ3v) is 3.27. The Kier molecular flexibility index (Phi) is 4.51. The first-order chi connectivity index (χ1) is 9.60. The minimum atomic E-state index is -2.91. The van der Waals surface area contributed by atoms with Gasteiger partial charge in [-0.2, -0.15) is 14.0 Å². The Bertz CT molecular complexity index is 520. The highest BCUT2D eigenvalue weighted by Gasteiger charge is 2.23. The van der Waals surface area contributed by atoms with Crippen LogP contribution in [0.15, 0.2) is 24.3 Å². The van der Waals surface area contributed by atoms with E-state index in [1.165, 1.54) is 18.2 Å². The number of carbonyl (C=O) groups excluding carboxylic acids is 1. The molecule has 0 saturated carbocycles. The van der Waals surface area contributed by atoms with Gasteiger partial charge in [0.25, 0.3) is 5.91 Å². The van der Waals surface area contributed by atoms with Crippen molar-refractivity contribution < 1.29 is 18.3 Å². The van der Waals surface area contributed by atoms with E-state index < -0.39 is 6.61 Å². The van der Waals surface area contributed by atoms with Gasteiger partial charge >= 0.3 is 6.61 Å². The number of hydrogen-bond acceptors (Lipinski definition) is 3. The maximum Gasteiger partial charge on any atom is 0.387 e. The summed E-state index contributed by atoms with van der Waals surface area (Å²) in [6, 6.07) is 7.96. The molecule has 106 valence electrons. The van der Waals surface area contributed by atoms with Crippen molar-refractivity contribution in [1.82, 2.24) is 4.90 Å². The summed E-state index contributed by atoms with van der Waals surface area (Å²) in [5, 5.41) is 8.81. The highest BCUT2D eigenvalue weighted by molar-refractivity contribution is 5.94. The molecule has 1 amide bonds. The summed E-state index contributed by atoms with van der Waals surface area (Å²) in [5.74, 6) is -0.258. The first-order valence-electron chi connectivity index (χ1n) is 6.34. The lowest BCUT2D eigenvalue weighted by molar-refractivity contribution is -0.0499. The molecule has 4 nitrogen and oxygen atoms in total. The minimum absolute atomic E-state index is 0.00690. The molecule has 1 heterocycles. The molecule has 0 radical (unpaired) electrons. The average molecular weight is 280 g/mol. The Morgan fingerprint density at radius 3 is 2.70 bits per heavy atom. The second kappa shape index (κ2) is 6.33. The molecule has 0 atom stereocenters. The third-order valence-electron chi connectivity index (χ3n) is 3.27. The van der Waals surface area contributed by atoms with E-state index in [1.54, 1.807) is 11.0 Å². The Morgan fingerprint density at radius 2 is 2.10 bits per heavy atom. The van der Waals surface area contributed by atoms with Gasteiger partial charge in [0.2, 0.25) is 0 Å². The normalized spacial score (nSPS) is 16.0. The Balaban J connectivity index is 2.04. The maximum absolute atomic E-state index is 12.2. The number of ether oxygens (including phenoxy) is 1. The largest absolute Gasteiger partial charge is 0.435 e. The lowest BCUT2D eigenvalue weighted by Crippen LogP contribution is -2.38. The number of likely N-dealkylation sites (tertiary alicyclic amines) is 1. The van der Waals surface area contributed by atoms with Crippen LogP contribution in [0.5, 0.6) is 5.75 Å². The molecule has 0 bridgehead atoms. The fraction of sp³-hybridized carbons (Fsp3) is 0.429. The van der Waals surface area contributed by atoms with Crippen LogP contribution in [-0.2, 0) is 0 Å². The van der Waals surface area contributed by atoms with Gasteiger partial charge in [0.05, 0.1) is 6.07 Å². The van der Waals surface area contributed by atoms with Crippen molar-refractivity contribution >= 4 is 5.91 Å². The number of nitriles is 1. The number of alkyl halides is 2. The van der Waals surface area contributed by atoms with E-state index in [0.717, 1.165) is 0 Å². The number of rotatable bonds is 3. The monoisotopic (exact) mass is 280 g/mol. The molecule has 0 aromatic heterocycles. The van der Waals surface area contributed by atoms with Crippen molar-refractivity contribution in [1.29, 1.82) is 5.26 Å². The van der Waals surface area contributed by atoms with Crippen molar-refractivity contribution in [3.63, 3.8) is 0 Å². The van der Waals surface area contributed by atoms with Crippen LogP contribution >= 0.6 is 0 Å². The highest BCUT2D eigenvalue weighted by atomic mass is 19.3. The smallest absolute Gasteiger partial charge is 0.387 e. The first kappa shape index (κ1) is 14.3. The average Bonchev–Trinajstić information content (AvgIpc) is 2.46. The van der Waals surface area contributed by atoms with E-state index >= 15 is 0 Å². The van der Waals surface area contributed by atoms with Gasteiger partial charge in [0, 0.05) is 24.6 Å². The molecule has 0 N–H and O–H groups in total. The molecule has 1 aliphatic rings. The van der Waals surface area contributed by atoms with E-state index in [-0.39, 0.29) is 17.6 Å². The molecule has 1 aliphatic heterocycles. The van der Waals surface area contributed by atoms with Gasteiger partial charge in [0.15, 0.2) is 0 Å². The van der Waals surface area contributed by atoms with Gasteiger partial charge in [-0.15, -0.1) is 0 Å². The zero-order valence-electron chi connectivity index (χ0n) is 10.8. The summed E-state index contributed by atoms with van der Waals surface area (Å²) < 4.78 is 28.6. The Labute approximate surface area is 115 Å². The van der Waals surface area contributed by atoms with E-state index in [0.29, 0.717) is 31.5 Å². The summed E-state index contributed by atoms with van der Waals surface area (Å²) in [4.78, 5) is 13.9. The van der Waals surface area contributed by atoms with E-state index in [1.807, 2.05) is 0 Å². The molecule has 0 spiro atoms. The van der Waals surface area contributed by atoms with E-state index in [4.69, 9.17) is 5.26 Å². The summed E-state index contributed by atoms with van der Waals surface area (Å²) in [6.07, 6.45) is 1.30. The van der Waals surface area contributed by atoms with Gasteiger partial charge in [-0.1, -0.05) is 6.07 Å². The molecule has 20 heavy (non-hydrogen) atoms. The Morgan fingerprint density at radius 1 is 1.40 bits per heavy atom. The molecular formula is C14H14F2N2O2. The molecule has 1 aromatic rings. The van der Waals surface area contributed by atoms with Crippen molar-refractivity contribution in [2.45, 2.75) is 19.5 Å². The van der Waals surface area contributed by atoms with Gasteiger partial charge in [-0.3, -0.25) is 4.79 Å². The number of amides is 1. The molecule has 0 unspecified atom stereocenters. The fourth-order valence-electron chi connectivity index (χ4n) is 2.20. The molecule has 0 aliphatic carbocycles. The molecule has 1 fully saturated rings. The van der Waals surface area contributed by atoms with Crippen LogP contribution in [0.2, 0.25) is 0 Å². The predicted octanol–water partition coefficient (Wildman–Crippen LogP) is 2.66. The quantitative estimate of drug-likeness (QED) is 0.855. The van der Waals surface area contributed by atoms with Crippen LogP contribution < -0.4 is 4.74 Å². The standard InChI is InChI=1S/C14H14F2N2O2/c15-14(16)20-12-3-1-2-11(8-12)13(19)18-6-4-10(9-17)5-7-18/h1-3,8,10,14H,4-7H2. The van der Waals surface area contributed by atoms with Crippen LogP contribution in [0.25, 0.3) is 0 Å². The van der Waals surface area contributed by atoms with Gasteiger partial charge < -0.3 is 9.64 Å². The van der Waals surface area contributed by atoms with Crippen molar-refractivity contribution in [2.75, 3.05) is 13.1 Å². The summed E-state index contributed by atoms with van der Waals surface area (Å²) in [7, 11) is 0. The van der Waals surface area contributed by atoms with Crippen LogP contribution in [0.3, 0.4) is 0 Å². The van der Waals surface area contributed by atoms with E-state index in [2.05, 4.69) is 10.8 Å². The van der Waals surface area contributed by atoms with E-state index in [9.17, 15) is 13.6 Å². The molecule has 1 aromatic carbocycles. The number of halogens is 2. The number of nitrogens with zero attached hydrogens (tertiary/aromatic N) is 2. The van der Waals surface area contributed by atoms with Crippen molar-refractivity contribution in [2.24, 2.45) is 5.92 Å². The SMILES string of the molecule is N#CC1CCN(C(=O)c2cccc(OC(F)F)c2)CC1. The van der Waals surface area contributed by atoms with Crippen LogP contribution in [-0.4, -0.2) is 30.5 Å². The predicted molar refractivity (Wildman–Crippen MR) is 67.3 cm³/mol. The zero-order chi connectivity index (χ0) is 14.5. The number of carbonyl (C=O) groups is 1. The van der Waals surface area contributed by atoms with Crippen LogP contribution in [0.4, 0.5) is 8.78 Å². The van der Waals surface area contributed by atoms with Crippen LogP contribution in [0.1, 0.15) is 23.2 Å². The molecular weight excluding hydrogens is 266 g/mol. The van der Waals surface area contributed by atoms with Gasteiger partial charge in [0.1, 0.15) is 5.75 Å².